The molecule has 20 heavy (non-hydrogen) atoms. The van der Waals surface area contributed by atoms with Gasteiger partial charge in [0, 0.05) is 18.8 Å². The van der Waals surface area contributed by atoms with E-state index in [1.54, 1.807) is 17.8 Å². The van der Waals surface area contributed by atoms with Crippen molar-refractivity contribution in [1.82, 2.24) is 9.78 Å². The molecule has 1 aromatic carbocycles. The molecule has 1 aromatic heterocycles. The van der Waals surface area contributed by atoms with Gasteiger partial charge in [0.05, 0.1) is 5.75 Å². The van der Waals surface area contributed by atoms with Gasteiger partial charge in [0.2, 0.25) is 10.0 Å². The average molecular weight is 293 g/mol. The molecule has 0 saturated carbocycles. The summed E-state index contributed by atoms with van der Waals surface area (Å²) < 4.78 is 28.4. The van der Waals surface area contributed by atoms with E-state index in [-0.39, 0.29) is 11.7 Å². The monoisotopic (exact) mass is 293 g/mol. The molecule has 0 fully saturated rings. The van der Waals surface area contributed by atoms with Crippen LogP contribution in [0.4, 0.5) is 5.82 Å². The van der Waals surface area contributed by atoms with Gasteiger partial charge in [0.25, 0.3) is 0 Å². The number of nitrogens with one attached hydrogen (secondary N) is 1. The third kappa shape index (κ3) is 3.60. The number of rotatable bonds is 5. The van der Waals surface area contributed by atoms with Gasteiger partial charge >= 0.3 is 0 Å². The normalized spacial score (nSPS) is 13.2. The number of anilines is 1. The number of benzene rings is 1. The van der Waals surface area contributed by atoms with Crippen molar-refractivity contribution in [2.45, 2.75) is 19.8 Å². The van der Waals surface area contributed by atoms with E-state index in [4.69, 9.17) is 0 Å². The molecule has 108 valence electrons. The van der Waals surface area contributed by atoms with Gasteiger partial charge < -0.3 is 0 Å². The highest BCUT2D eigenvalue weighted by Gasteiger charge is 2.18. The fourth-order valence-electron chi connectivity index (χ4n) is 2.02. The Bertz CT molecular complexity index is 658. The Balaban J connectivity index is 2.08. The van der Waals surface area contributed by atoms with Crippen LogP contribution in [0.1, 0.15) is 24.1 Å². The number of hydrogen-bond donors (Lipinski definition) is 1. The van der Waals surface area contributed by atoms with Crippen molar-refractivity contribution >= 4 is 15.8 Å². The van der Waals surface area contributed by atoms with Gasteiger partial charge in [-0.05, 0) is 18.4 Å². The van der Waals surface area contributed by atoms with Crippen LogP contribution in [-0.2, 0) is 17.1 Å². The van der Waals surface area contributed by atoms with Crippen molar-refractivity contribution in [2.24, 2.45) is 7.05 Å². The summed E-state index contributed by atoms with van der Waals surface area (Å²) in [4.78, 5) is 0. The van der Waals surface area contributed by atoms with Crippen molar-refractivity contribution in [2.75, 3.05) is 10.5 Å². The first-order valence-electron chi connectivity index (χ1n) is 6.43. The number of aromatic nitrogens is 2. The number of sulfonamides is 1. The van der Waals surface area contributed by atoms with Gasteiger partial charge in [-0.25, -0.2) is 8.42 Å². The lowest BCUT2D eigenvalue weighted by Gasteiger charge is -2.12. The molecule has 0 radical (unpaired) electrons. The van der Waals surface area contributed by atoms with E-state index in [9.17, 15) is 8.42 Å². The lowest BCUT2D eigenvalue weighted by atomic mass is 10.0. The van der Waals surface area contributed by atoms with E-state index in [1.165, 1.54) is 0 Å². The van der Waals surface area contributed by atoms with Crippen LogP contribution in [0.3, 0.4) is 0 Å². The topological polar surface area (TPSA) is 64.0 Å². The van der Waals surface area contributed by atoms with E-state index >= 15 is 0 Å². The van der Waals surface area contributed by atoms with Crippen LogP contribution in [0.15, 0.2) is 36.4 Å². The maximum absolute atomic E-state index is 12.1. The first-order valence-corrected chi connectivity index (χ1v) is 8.09. The van der Waals surface area contributed by atoms with Crippen molar-refractivity contribution in [3.63, 3.8) is 0 Å². The van der Waals surface area contributed by atoms with E-state index in [0.717, 1.165) is 11.3 Å². The minimum atomic E-state index is -3.41. The zero-order valence-electron chi connectivity index (χ0n) is 11.9. The molecule has 0 spiro atoms. The molecular formula is C14H19N3O2S. The number of nitrogens with zero attached hydrogens (tertiary/aromatic N) is 2. The third-order valence-corrected chi connectivity index (χ3v) is 4.67. The summed E-state index contributed by atoms with van der Waals surface area (Å²) in [6.07, 6.45) is 0. The van der Waals surface area contributed by atoms with Gasteiger partial charge in [-0.1, -0.05) is 37.3 Å². The third-order valence-electron chi connectivity index (χ3n) is 3.21. The van der Waals surface area contributed by atoms with Gasteiger partial charge in [-0.3, -0.25) is 9.40 Å². The Hall–Kier alpha value is -1.82. The first kappa shape index (κ1) is 14.6. The fourth-order valence-corrected chi connectivity index (χ4v) is 3.37. The largest absolute Gasteiger partial charge is 0.271 e. The highest BCUT2D eigenvalue weighted by atomic mass is 32.2. The van der Waals surface area contributed by atoms with Gasteiger partial charge in [0.1, 0.15) is 0 Å². The van der Waals surface area contributed by atoms with Crippen LogP contribution in [0.25, 0.3) is 0 Å². The van der Waals surface area contributed by atoms with Crippen LogP contribution in [-0.4, -0.2) is 24.0 Å². The lowest BCUT2D eigenvalue weighted by Crippen LogP contribution is -2.20. The molecule has 1 atom stereocenters. The molecule has 0 aliphatic rings. The van der Waals surface area contributed by atoms with Crippen LogP contribution in [0, 0.1) is 6.92 Å². The SMILES string of the molecule is Cc1cc(NS(=O)(=O)C[C@@H](C)c2ccccc2)nn1C. The predicted molar refractivity (Wildman–Crippen MR) is 80.2 cm³/mol. The van der Waals surface area contributed by atoms with Gasteiger partial charge in [-0.2, -0.15) is 5.10 Å². The van der Waals surface area contributed by atoms with E-state index in [0.29, 0.717) is 5.82 Å². The van der Waals surface area contributed by atoms with Crippen LogP contribution in [0.5, 0.6) is 0 Å². The Morgan fingerprint density at radius 2 is 1.95 bits per heavy atom. The van der Waals surface area contributed by atoms with Crippen molar-refractivity contribution < 1.29 is 8.42 Å². The lowest BCUT2D eigenvalue weighted by molar-refractivity contribution is 0.595. The summed E-state index contributed by atoms with van der Waals surface area (Å²) >= 11 is 0. The van der Waals surface area contributed by atoms with E-state index in [1.807, 2.05) is 44.2 Å². The van der Waals surface area contributed by atoms with E-state index in [2.05, 4.69) is 9.82 Å². The van der Waals surface area contributed by atoms with Crippen LogP contribution in [0.2, 0.25) is 0 Å². The molecule has 0 aliphatic heterocycles. The quantitative estimate of drug-likeness (QED) is 0.919. The summed E-state index contributed by atoms with van der Waals surface area (Å²) in [7, 11) is -1.63. The molecule has 0 unspecified atom stereocenters. The summed E-state index contributed by atoms with van der Waals surface area (Å²) in [5.74, 6) is 0.330. The molecule has 1 N–H and O–H groups in total. The Morgan fingerprint density at radius 3 is 2.50 bits per heavy atom. The molecule has 2 rings (SSSR count). The minimum absolute atomic E-state index is 0.0344. The zero-order chi connectivity index (χ0) is 14.8. The highest BCUT2D eigenvalue weighted by molar-refractivity contribution is 7.92. The number of hydrogen-bond acceptors (Lipinski definition) is 3. The van der Waals surface area contributed by atoms with Crippen molar-refractivity contribution in [3.8, 4) is 0 Å². The molecule has 0 aliphatic carbocycles. The highest BCUT2D eigenvalue weighted by Crippen LogP contribution is 2.18. The molecule has 5 nitrogen and oxygen atoms in total. The zero-order valence-corrected chi connectivity index (χ0v) is 12.7. The minimum Gasteiger partial charge on any atom is -0.271 e. The van der Waals surface area contributed by atoms with Crippen LogP contribution < -0.4 is 4.72 Å². The summed E-state index contributed by atoms with van der Waals surface area (Å²) in [5.41, 5.74) is 1.91. The smallest absolute Gasteiger partial charge is 0.234 e. The summed E-state index contributed by atoms with van der Waals surface area (Å²) in [6.45, 7) is 3.77. The second-order valence-electron chi connectivity index (χ2n) is 4.99. The Morgan fingerprint density at radius 1 is 1.30 bits per heavy atom. The Kier molecular flexibility index (Phi) is 4.13. The summed E-state index contributed by atoms with van der Waals surface area (Å²) in [5, 5.41) is 4.10. The first-order chi connectivity index (χ1) is 9.37. The second kappa shape index (κ2) is 5.66. The van der Waals surface area contributed by atoms with Gasteiger partial charge in [-0.15, -0.1) is 0 Å². The molecule has 6 heteroatoms. The van der Waals surface area contributed by atoms with E-state index < -0.39 is 10.0 Å². The Labute approximate surface area is 119 Å². The average Bonchev–Trinajstić information content (AvgIpc) is 2.67. The number of aryl methyl sites for hydroxylation is 2. The molecule has 0 bridgehead atoms. The molecule has 1 heterocycles. The maximum atomic E-state index is 12.1. The summed E-state index contributed by atoms with van der Waals surface area (Å²) in [6, 6.07) is 11.3. The fraction of sp³-hybridized carbons (Fsp3) is 0.357. The van der Waals surface area contributed by atoms with Crippen molar-refractivity contribution in [1.29, 1.82) is 0 Å². The van der Waals surface area contributed by atoms with Crippen LogP contribution >= 0.6 is 0 Å². The molecule has 2 aromatic rings. The maximum Gasteiger partial charge on any atom is 0.234 e. The molecule has 0 saturated heterocycles. The standard InChI is InChI=1S/C14H19N3O2S/c1-11(13-7-5-4-6-8-13)10-20(18,19)16-14-9-12(2)17(3)15-14/h4-9,11H,10H2,1-3H3,(H,15,16)/t11-/m1/s1. The second-order valence-corrected chi connectivity index (χ2v) is 6.76. The molecule has 0 amide bonds. The predicted octanol–water partition coefficient (Wildman–Crippen LogP) is 2.27. The molecular weight excluding hydrogens is 274 g/mol. The van der Waals surface area contributed by atoms with Gasteiger partial charge in [0.15, 0.2) is 5.82 Å². The van der Waals surface area contributed by atoms with Crippen molar-refractivity contribution in [3.05, 3.63) is 47.7 Å².